The molecule has 1 aliphatic heterocycles. The SMILES string of the molecule is CCCCO[C@H]1CCN(C(=O)C2CCC([C@@H](CF)NC(=O)OC(C)(C)C)CC2)[C@@H]1C(=O)Nc1ccc2oc(C(=O)O)cc2c1. The number of benzene rings is 1. The van der Waals surface area contributed by atoms with Crippen LogP contribution in [0.4, 0.5) is 14.9 Å². The third-order valence-electron chi connectivity index (χ3n) is 8.28. The molecule has 11 nitrogen and oxygen atoms in total. The van der Waals surface area contributed by atoms with Crippen LogP contribution in [0.1, 0.15) is 83.2 Å². The van der Waals surface area contributed by atoms with Gasteiger partial charge >= 0.3 is 12.1 Å². The van der Waals surface area contributed by atoms with Crippen LogP contribution in [-0.4, -0.2) is 77.5 Å². The van der Waals surface area contributed by atoms with Gasteiger partial charge in [0.1, 0.15) is 23.9 Å². The number of likely N-dealkylation sites (tertiary alicyclic amines) is 1. The van der Waals surface area contributed by atoms with Crippen LogP contribution in [0.3, 0.4) is 0 Å². The van der Waals surface area contributed by atoms with Crippen molar-refractivity contribution in [3.8, 4) is 0 Å². The summed E-state index contributed by atoms with van der Waals surface area (Å²) in [5.41, 5.74) is 0.134. The summed E-state index contributed by atoms with van der Waals surface area (Å²) in [6.07, 6.45) is 3.32. The maximum Gasteiger partial charge on any atom is 0.407 e. The van der Waals surface area contributed by atoms with Crippen molar-refractivity contribution in [1.82, 2.24) is 10.2 Å². The van der Waals surface area contributed by atoms with Crippen LogP contribution in [0.25, 0.3) is 11.0 Å². The molecular weight excluding hydrogens is 573 g/mol. The van der Waals surface area contributed by atoms with Crippen molar-refractivity contribution in [3.05, 3.63) is 30.0 Å². The molecule has 1 aliphatic carbocycles. The predicted octanol–water partition coefficient (Wildman–Crippen LogP) is 5.52. The second-order valence-electron chi connectivity index (χ2n) is 12.7. The molecule has 44 heavy (non-hydrogen) atoms. The van der Waals surface area contributed by atoms with Gasteiger partial charge in [0.05, 0.1) is 12.1 Å². The standard InChI is InChI=1S/C32H44FN3O8/c1-5-6-15-42-25-13-14-36(27(25)28(37)34-22-11-12-24-21(16-22)17-26(43-24)30(39)40)29(38)20-9-7-19(8-10-20)23(18-33)35-31(41)44-32(2,3)4/h11-12,16-17,19-20,23,25,27H,5-10,13-15,18H2,1-4H3,(H,34,37)(H,35,41)(H,39,40)/t19?,20?,23-,25+,27+/m1/s1. The van der Waals surface area contributed by atoms with E-state index in [1.807, 2.05) is 6.92 Å². The normalized spacial score (nSPS) is 22.9. The van der Waals surface area contributed by atoms with Crippen molar-refractivity contribution in [1.29, 1.82) is 0 Å². The third kappa shape index (κ3) is 8.28. The Morgan fingerprint density at radius 3 is 2.48 bits per heavy atom. The van der Waals surface area contributed by atoms with E-state index in [9.17, 15) is 28.7 Å². The molecule has 2 fully saturated rings. The summed E-state index contributed by atoms with van der Waals surface area (Å²) < 4.78 is 30.6. The first-order valence-electron chi connectivity index (χ1n) is 15.5. The van der Waals surface area contributed by atoms with Gasteiger partial charge in [-0.2, -0.15) is 0 Å². The molecule has 3 amide bonds. The molecule has 0 bridgehead atoms. The molecule has 0 unspecified atom stereocenters. The molecule has 2 heterocycles. The highest BCUT2D eigenvalue weighted by Gasteiger charge is 2.45. The monoisotopic (exact) mass is 617 g/mol. The Balaban J connectivity index is 1.42. The summed E-state index contributed by atoms with van der Waals surface area (Å²) in [5, 5.41) is 15.3. The number of rotatable bonds is 11. The number of hydrogen-bond acceptors (Lipinski definition) is 7. The van der Waals surface area contributed by atoms with Crippen LogP contribution >= 0.6 is 0 Å². The van der Waals surface area contributed by atoms with Crippen molar-refractivity contribution in [3.63, 3.8) is 0 Å². The summed E-state index contributed by atoms with van der Waals surface area (Å²) in [7, 11) is 0. The van der Waals surface area contributed by atoms with Crippen molar-refractivity contribution in [2.75, 3.05) is 25.1 Å². The molecule has 1 aromatic heterocycles. The zero-order valence-corrected chi connectivity index (χ0v) is 25.9. The quantitative estimate of drug-likeness (QED) is 0.279. The van der Waals surface area contributed by atoms with Gasteiger partial charge in [-0.1, -0.05) is 13.3 Å². The fourth-order valence-corrected chi connectivity index (χ4v) is 6.06. The Labute approximate surface area is 256 Å². The number of carboxylic acid groups (broad SMARTS) is 1. The summed E-state index contributed by atoms with van der Waals surface area (Å²) in [4.78, 5) is 52.6. The van der Waals surface area contributed by atoms with Crippen LogP contribution in [0.5, 0.6) is 0 Å². The highest BCUT2D eigenvalue weighted by Crippen LogP contribution is 2.35. The molecule has 1 aromatic carbocycles. The summed E-state index contributed by atoms with van der Waals surface area (Å²) >= 11 is 0. The summed E-state index contributed by atoms with van der Waals surface area (Å²) in [6.45, 7) is 7.41. The summed E-state index contributed by atoms with van der Waals surface area (Å²) in [6, 6.07) is 4.70. The Morgan fingerprint density at radius 2 is 1.84 bits per heavy atom. The number of carbonyl (C=O) groups is 4. The van der Waals surface area contributed by atoms with Gasteiger partial charge in [0.15, 0.2) is 0 Å². The largest absolute Gasteiger partial charge is 0.475 e. The minimum atomic E-state index is -1.19. The van der Waals surface area contributed by atoms with E-state index in [1.54, 1.807) is 43.9 Å². The molecule has 2 aliphatic rings. The van der Waals surface area contributed by atoms with E-state index >= 15 is 0 Å². The molecule has 1 saturated carbocycles. The predicted molar refractivity (Wildman–Crippen MR) is 161 cm³/mol. The highest BCUT2D eigenvalue weighted by atomic mass is 19.1. The van der Waals surface area contributed by atoms with Crippen LogP contribution in [0.15, 0.2) is 28.7 Å². The number of furan rings is 1. The number of alkyl halides is 1. The zero-order chi connectivity index (χ0) is 32.0. The lowest BCUT2D eigenvalue weighted by Gasteiger charge is -2.35. The number of halogens is 1. The van der Waals surface area contributed by atoms with Gasteiger partial charge in [-0.25, -0.2) is 14.0 Å². The fraction of sp³-hybridized carbons (Fsp3) is 0.625. The molecule has 0 spiro atoms. The number of anilines is 1. The maximum absolute atomic E-state index is 13.9. The molecule has 2 aromatic rings. The lowest BCUT2D eigenvalue weighted by molar-refractivity contribution is -0.143. The van der Waals surface area contributed by atoms with Gasteiger partial charge in [-0.15, -0.1) is 0 Å². The Hall–Kier alpha value is -3.67. The van der Waals surface area contributed by atoms with Gasteiger partial charge in [-0.05, 0) is 89.5 Å². The average Bonchev–Trinajstić information content (AvgIpc) is 3.59. The number of nitrogens with one attached hydrogen (secondary N) is 2. The van der Waals surface area contributed by atoms with E-state index in [-0.39, 0.29) is 29.4 Å². The number of alkyl carbamates (subject to hydrolysis) is 1. The molecule has 242 valence electrons. The lowest BCUT2D eigenvalue weighted by Crippen LogP contribution is -2.51. The number of hydrogen-bond donors (Lipinski definition) is 3. The van der Waals surface area contributed by atoms with Crippen molar-refractivity contribution >= 4 is 40.5 Å². The van der Waals surface area contributed by atoms with E-state index in [4.69, 9.17) is 13.9 Å². The van der Waals surface area contributed by atoms with Crippen LogP contribution in [-0.2, 0) is 19.1 Å². The van der Waals surface area contributed by atoms with Gasteiger partial charge in [0.25, 0.3) is 0 Å². The number of carboxylic acids is 1. The average molecular weight is 618 g/mol. The van der Waals surface area contributed by atoms with Gasteiger partial charge in [0, 0.05) is 30.1 Å². The Kier molecular flexibility index (Phi) is 10.9. The van der Waals surface area contributed by atoms with Crippen molar-refractivity contribution in [2.24, 2.45) is 11.8 Å². The van der Waals surface area contributed by atoms with Gasteiger partial charge < -0.3 is 34.5 Å². The molecule has 12 heteroatoms. The van der Waals surface area contributed by atoms with E-state index in [1.165, 1.54) is 6.07 Å². The number of aromatic carboxylic acids is 1. The Bertz CT molecular complexity index is 1330. The highest BCUT2D eigenvalue weighted by molar-refractivity contribution is 6.00. The second-order valence-corrected chi connectivity index (χ2v) is 12.7. The number of unbranched alkanes of at least 4 members (excludes halogenated alkanes) is 1. The number of nitrogens with zero attached hydrogens (tertiary/aromatic N) is 1. The van der Waals surface area contributed by atoms with Crippen LogP contribution in [0, 0.1) is 11.8 Å². The Morgan fingerprint density at radius 1 is 1.11 bits per heavy atom. The molecule has 1 saturated heterocycles. The maximum atomic E-state index is 13.9. The first kappa shape index (κ1) is 33.2. The number of fused-ring (bicyclic) bond motifs is 1. The first-order chi connectivity index (χ1) is 20.9. The lowest BCUT2D eigenvalue weighted by atomic mass is 9.78. The smallest absolute Gasteiger partial charge is 0.407 e. The molecule has 4 rings (SSSR count). The first-order valence-corrected chi connectivity index (χ1v) is 15.5. The van der Waals surface area contributed by atoms with E-state index in [0.717, 1.165) is 12.8 Å². The molecule has 0 radical (unpaired) electrons. The number of carbonyl (C=O) groups excluding carboxylic acids is 3. The van der Waals surface area contributed by atoms with E-state index in [0.29, 0.717) is 61.9 Å². The van der Waals surface area contributed by atoms with Gasteiger partial charge in [-0.3, -0.25) is 9.59 Å². The van der Waals surface area contributed by atoms with E-state index in [2.05, 4.69) is 10.6 Å². The minimum absolute atomic E-state index is 0.126. The topological polar surface area (TPSA) is 147 Å². The number of amides is 3. The van der Waals surface area contributed by atoms with Crippen molar-refractivity contribution in [2.45, 2.75) is 96.4 Å². The molecular formula is C32H44FN3O8. The van der Waals surface area contributed by atoms with E-state index < -0.39 is 42.5 Å². The minimum Gasteiger partial charge on any atom is -0.475 e. The third-order valence-corrected chi connectivity index (χ3v) is 8.28. The van der Waals surface area contributed by atoms with Crippen LogP contribution < -0.4 is 10.6 Å². The zero-order valence-electron chi connectivity index (χ0n) is 25.9. The van der Waals surface area contributed by atoms with Gasteiger partial charge in [0.2, 0.25) is 17.6 Å². The van der Waals surface area contributed by atoms with Crippen molar-refractivity contribution < 1.29 is 42.6 Å². The second kappa shape index (κ2) is 14.4. The number of ether oxygens (including phenoxy) is 2. The molecule has 3 atom stereocenters. The fourth-order valence-electron chi connectivity index (χ4n) is 6.06. The summed E-state index contributed by atoms with van der Waals surface area (Å²) in [5.74, 6) is -2.35. The molecule has 3 N–H and O–H groups in total. The van der Waals surface area contributed by atoms with Crippen LogP contribution in [0.2, 0.25) is 0 Å².